The Balaban J connectivity index is 1.54. The molecule has 0 aromatic heterocycles. The van der Waals surface area contributed by atoms with Gasteiger partial charge in [0.2, 0.25) is 17.4 Å². The number of imide groups is 1. The minimum atomic E-state index is -1.89. The molecule has 5 amide bonds. The molecule has 2 atom stereocenters. The number of Topliss-reactive ketones (excluding diaryl/α,β-unsaturated/α-hetero) is 1. The fraction of sp³-hybridized carbons (Fsp3) is 0.320. The SMILES string of the molecule is CNC(=O)Nc1ccc2c(c1)CC(=O)[C@]21OCN(CC(=O)N(Cc2ccc(F)cc2)C(=O)[C@H](C)N)C1=O. The van der Waals surface area contributed by atoms with Crippen molar-refractivity contribution in [1.29, 1.82) is 0 Å². The maximum atomic E-state index is 13.4. The molecule has 1 saturated heterocycles. The molecule has 1 fully saturated rings. The van der Waals surface area contributed by atoms with Crippen LogP contribution in [-0.4, -0.2) is 65.7 Å². The van der Waals surface area contributed by atoms with Gasteiger partial charge >= 0.3 is 6.03 Å². The molecule has 194 valence electrons. The van der Waals surface area contributed by atoms with Crippen molar-refractivity contribution in [1.82, 2.24) is 15.1 Å². The Morgan fingerprint density at radius 3 is 2.54 bits per heavy atom. The summed E-state index contributed by atoms with van der Waals surface area (Å²) in [5.74, 6) is -3.07. The van der Waals surface area contributed by atoms with E-state index >= 15 is 0 Å². The predicted molar refractivity (Wildman–Crippen MR) is 128 cm³/mol. The number of ketones is 1. The molecule has 1 aliphatic carbocycles. The van der Waals surface area contributed by atoms with Crippen LogP contribution < -0.4 is 16.4 Å². The fourth-order valence-electron chi connectivity index (χ4n) is 4.39. The third-order valence-corrected chi connectivity index (χ3v) is 6.28. The number of urea groups is 1. The molecular formula is C25H26FN5O6. The highest BCUT2D eigenvalue weighted by molar-refractivity contribution is 6.15. The van der Waals surface area contributed by atoms with Crippen molar-refractivity contribution < 1.29 is 33.1 Å². The number of anilines is 1. The van der Waals surface area contributed by atoms with Gasteiger partial charge in [0.15, 0.2) is 5.78 Å². The smallest absolute Gasteiger partial charge is 0.318 e. The lowest BCUT2D eigenvalue weighted by atomic mass is 9.94. The summed E-state index contributed by atoms with van der Waals surface area (Å²) in [5, 5.41) is 5.03. The molecule has 4 N–H and O–H groups in total. The van der Waals surface area contributed by atoms with Gasteiger partial charge in [0, 0.05) is 24.7 Å². The number of carbonyl (C=O) groups is 5. The molecule has 37 heavy (non-hydrogen) atoms. The number of halogens is 1. The monoisotopic (exact) mass is 511 g/mol. The van der Waals surface area contributed by atoms with Crippen LogP contribution in [0.4, 0.5) is 14.9 Å². The van der Waals surface area contributed by atoms with Crippen LogP contribution in [0.2, 0.25) is 0 Å². The average Bonchev–Trinajstić information content (AvgIpc) is 3.34. The molecular weight excluding hydrogens is 485 g/mol. The number of hydrogen-bond donors (Lipinski definition) is 3. The van der Waals surface area contributed by atoms with Gasteiger partial charge in [0.1, 0.15) is 19.1 Å². The maximum absolute atomic E-state index is 13.4. The lowest BCUT2D eigenvalue weighted by Crippen LogP contribution is -2.50. The third-order valence-electron chi connectivity index (χ3n) is 6.28. The van der Waals surface area contributed by atoms with Gasteiger partial charge < -0.3 is 26.0 Å². The molecule has 0 saturated carbocycles. The van der Waals surface area contributed by atoms with Crippen LogP contribution in [-0.2, 0) is 42.5 Å². The van der Waals surface area contributed by atoms with E-state index in [2.05, 4.69) is 10.6 Å². The zero-order chi connectivity index (χ0) is 26.9. The highest BCUT2D eigenvalue weighted by Gasteiger charge is 2.59. The van der Waals surface area contributed by atoms with Crippen molar-refractivity contribution in [2.24, 2.45) is 5.73 Å². The second-order valence-corrected chi connectivity index (χ2v) is 8.87. The van der Waals surface area contributed by atoms with E-state index in [4.69, 9.17) is 10.5 Å². The number of ether oxygens (including phenoxy) is 1. The van der Waals surface area contributed by atoms with Crippen LogP contribution in [0, 0.1) is 5.82 Å². The Hall–Kier alpha value is -4.16. The molecule has 0 unspecified atom stereocenters. The molecule has 2 aliphatic rings. The van der Waals surface area contributed by atoms with Gasteiger partial charge in [-0.05, 0) is 42.3 Å². The molecule has 0 radical (unpaired) electrons. The fourth-order valence-corrected chi connectivity index (χ4v) is 4.39. The van der Waals surface area contributed by atoms with Crippen LogP contribution in [0.5, 0.6) is 0 Å². The molecule has 2 aromatic rings. The molecule has 2 aromatic carbocycles. The Morgan fingerprint density at radius 1 is 1.19 bits per heavy atom. The summed E-state index contributed by atoms with van der Waals surface area (Å²) >= 11 is 0. The second kappa shape index (κ2) is 10.1. The van der Waals surface area contributed by atoms with Crippen molar-refractivity contribution in [3.8, 4) is 0 Å². The lowest BCUT2D eigenvalue weighted by molar-refractivity contribution is -0.152. The van der Waals surface area contributed by atoms with Crippen molar-refractivity contribution in [2.45, 2.75) is 31.5 Å². The van der Waals surface area contributed by atoms with Gasteiger partial charge in [-0.1, -0.05) is 18.2 Å². The van der Waals surface area contributed by atoms with E-state index in [1.165, 1.54) is 44.3 Å². The van der Waals surface area contributed by atoms with Gasteiger partial charge in [0.25, 0.3) is 5.91 Å². The number of amides is 5. The number of fused-ring (bicyclic) bond motifs is 2. The summed E-state index contributed by atoms with van der Waals surface area (Å²) in [5.41, 5.74) is 5.62. The van der Waals surface area contributed by atoms with E-state index < -0.39 is 53.5 Å². The van der Waals surface area contributed by atoms with Crippen LogP contribution in [0.3, 0.4) is 0 Å². The first kappa shape index (κ1) is 25.9. The first-order valence-electron chi connectivity index (χ1n) is 11.5. The Morgan fingerprint density at radius 2 is 1.89 bits per heavy atom. The van der Waals surface area contributed by atoms with E-state index in [1.54, 1.807) is 12.1 Å². The third kappa shape index (κ3) is 4.80. The molecule has 0 bridgehead atoms. The zero-order valence-corrected chi connectivity index (χ0v) is 20.2. The van der Waals surface area contributed by atoms with Gasteiger partial charge in [0.05, 0.1) is 12.6 Å². The molecule has 4 rings (SSSR count). The summed E-state index contributed by atoms with van der Waals surface area (Å²) in [6.07, 6.45) is -0.0913. The number of hydrogen-bond acceptors (Lipinski definition) is 7. The van der Waals surface area contributed by atoms with E-state index in [9.17, 15) is 28.4 Å². The number of carbonyl (C=O) groups excluding carboxylic acids is 5. The Kier molecular flexibility index (Phi) is 7.05. The van der Waals surface area contributed by atoms with E-state index in [0.29, 0.717) is 22.4 Å². The lowest BCUT2D eigenvalue weighted by Gasteiger charge is -2.25. The van der Waals surface area contributed by atoms with Crippen LogP contribution in [0.1, 0.15) is 23.6 Å². The first-order chi connectivity index (χ1) is 17.6. The quantitative estimate of drug-likeness (QED) is 0.481. The minimum absolute atomic E-state index is 0.0913. The van der Waals surface area contributed by atoms with Crippen molar-refractivity contribution in [3.63, 3.8) is 0 Å². The number of nitrogens with one attached hydrogen (secondary N) is 2. The minimum Gasteiger partial charge on any atom is -0.341 e. The van der Waals surface area contributed by atoms with Gasteiger partial charge in [-0.3, -0.25) is 24.1 Å². The van der Waals surface area contributed by atoms with Crippen LogP contribution in [0.25, 0.3) is 0 Å². The largest absolute Gasteiger partial charge is 0.341 e. The standard InChI is InChI=1S/C25H26FN5O6/c1-14(27)22(34)31(11-15-3-5-17(26)6-4-15)21(33)12-30-13-37-25(23(30)35)19-8-7-18(29-24(36)28-2)9-16(19)10-20(25)32/h3-9,14H,10-13,27H2,1-2H3,(H2,28,29,36)/t14-,25+/m0/s1. The van der Waals surface area contributed by atoms with Crippen molar-refractivity contribution in [2.75, 3.05) is 25.6 Å². The maximum Gasteiger partial charge on any atom is 0.318 e. The number of rotatable bonds is 6. The summed E-state index contributed by atoms with van der Waals surface area (Å²) < 4.78 is 19.0. The number of nitrogens with zero attached hydrogens (tertiary/aromatic N) is 2. The van der Waals surface area contributed by atoms with Crippen LogP contribution in [0.15, 0.2) is 42.5 Å². The number of benzene rings is 2. The van der Waals surface area contributed by atoms with Crippen LogP contribution >= 0.6 is 0 Å². The number of nitrogens with two attached hydrogens (primary N) is 1. The predicted octanol–water partition coefficient (Wildman–Crippen LogP) is 0.616. The zero-order valence-electron chi connectivity index (χ0n) is 20.2. The molecule has 1 heterocycles. The molecule has 11 nitrogen and oxygen atoms in total. The first-order valence-corrected chi connectivity index (χ1v) is 11.5. The van der Waals surface area contributed by atoms with Gasteiger partial charge in [-0.15, -0.1) is 0 Å². The highest BCUT2D eigenvalue weighted by atomic mass is 19.1. The highest BCUT2D eigenvalue weighted by Crippen LogP contribution is 2.43. The van der Waals surface area contributed by atoms with Gasteiger partial charge in [-0.2, -0.15) is 0 Å². The van der Waals surface area contributed by atoms with Crippen molar-refractivity contribution >= 4 is 35.2 Å². The normalized spacial score (nSPS) is 19.1. The second-order valence-electron chi connectivity index (χ2n) is 8.87. The van der Waals surface area contributed by atoms with Gasteiger partial charge in [-0.25, -0.2) is 9.18 Å². The average molecular weight is 512 g/mol. The molecule has 12 heteroatoms. The molecule has 1 spiro atoms. The summed E-state index contributed by atoms with van der Waals surface area (Å²) in [6, 6.07) is 8.51. The summed E-state index contributed by atoms with van der Waals surface area (Å²) in [7, 11) is 1.46. The summed E-state index contributed by atoms with van der Waals surface area (Å²) in [4.78, 5) is 65.9. The Bertz CT molecular complexity index is 1280. The topological polar surface area (TPSA) is 151 Å². The van der Waals surface area contributed by atoms with Crippen molar-refractivity contribution in [3.05, 3.63) is 65.0 Å². The van der Waals surface area contributed by atoms with E-state index in [-0.39, 0.29) is 19.7 Å². The summed E-state index contributed by atoms with van der Waals surface area (Å²) in [6.45, 7) is 0.383. The van der Waals surface area contributed by atoms with E-state index in [1.807, 2.05) is 0 Å². The Labute approximate surface area is 211 Å². The van der Waals surface area contributed by atoms with E-state index in [0.717, 1.165) is 9.80 Å². The molecule has 1 aliphatic heterocycles.